The molecule has 1 N–H and O–H groups in total. The molecular formula is C41H60N6O5S. The summed E-state index contributed by atoms with van der Waals surface area (Å²) < 4.78 is 36.7. The van der Waals surface area contributed by atoms with Crippen molar-refractivity contribution in [2.45, 2.75) is 84.6 Å². The number of carbonyl (C=O) groups is 2. The summed E-state index contributed by atoms with van der Waals surface area (Å²) in [4.78, 5) is 35.7. The number of methoxy groups -OCH3 is 1. The molecule has 1 aliphatic heterocycles. The monoisotopic (exact) mass is 748 g/mol. The van der Waals surface area contributed by atoms with Crippen LogP contribution in [0.4, 0.5) is 0 Å². The number of rotatable bonds is 16. The average Bonchev–Trinajstić information content (AvgIpc) is 3.83. The van der Waals surface area contributed by atoms with Crippen LogP contribution in [0.2, 0.25) is 0 Å². The molecule has 1 aromatic heterocycles. The van der Waals surface area contributed by atoms with Crippen LogP contribution in [0.3, 0.4) is 0 Å². The molecule has 2 aliphatic carbocycles. The highest BCUT2D eigenvalue weighted by molar-refractivity contribution is 7.87. The van der Waals surface area contributed by atoms with Gasteiger partial charge in [0.2, 0.25) is 5.91 Å². The van der Waals surface area contributed by atoms with Crippen LogP contribution in [0.5, 0.6) is 5.75 Å². The Morgan fingerprint density at radius 2 is 1.53 bits per heavy atom. The van der Waals surface area contributed by atoms with Crippen molar-refractivity contribution in [3.05, 3.63) is 53.1 Å². The van der Waals surface area contributed by atoms with E-state index in [1.165, 1.54) is 26.1 Å². The summed E-state index contributed by atoms with van der Waals surface area (Å²) in [6.45, 7) is 15.9. The second-order valence-corrected chi connectivity index (χ2v) is 17.2. The summed E-state index contributed by atoms with van der Waals surface area (Å²) in [7, 11) is 0.494. The van der Waals surface area contributed by atoms with E-state index in [1.54, 1.807) is 13.2 Å². The van der Waals surface area contributed by atoms with Gasteiger partial charge in [-0.2, -0.15) is 12.7 Å². The highest BCUT2D eigenvalue weighted by Gasteiger charge is 2.63. The predicted octanol–water partition coefficient (Wildman–Crippen LogP) is 5.90. The molecule has 6 rings (SSSR count). The molecule has 2 aromatic carbocycles. The van der Waals surface area contributed by atoms with E-state index in [2.05, 4.69) is 63.8 Å². The molecule has 3 aliphatic rings. The minimum Gasteiger partial charge on any atom is -0.497 e. The molecule has 3 aromatic rings. The summed E-state index contributed by atoms with van der Waals surface area (Å²) in [6, 6.07) is 11.9. The Kier molecular flexibility index (Phi) is 11.9. The first-order valence-electron chi connectivity index (χ1n) is 19.8. The SMILES string of the molecule is CCN(CC)CCN(CCN(CC)CC)C(=O)C12CC1c1cc(OC)ccc1-c1c(C3CCCCC3)c3ccc(C(=O)NS(=O)(=O)N(C)C)cc3n1C2. The zero-order chi connectivity index (χ0) is 38.1. The standard InChI is InChI=1S/C41H60N6O5S/c1-8-44(9-2)21-23-46(24-22-45(10-3)11-4)40(49)41-27-35(41)34-26-31(52-7)18-20-32(34)38-37(29-15-13-12-14-16-29)33-19-17-30(25-36(33)47(38)28-41)39(48)42-53(50,51)43(5)6/h17-20,25-26,29,35H,8-16,21-24,27-28H2,1-7H3,(H,42,48). The van der Waals surface area contributed by atoms with Gasteiger partial charge in [-0.1, -0.05) is 53.0 Å². The number of hydrogen-bond donors (Lipinski definition) is 1. The molecule has 0 radical (unpaired) electrons. The molecule has 53 heavy (non-hydrogen) atoms. The third-order valence-corrected chi connectivity index (χ3v) is 13.8. The molecule has 0 bridgehead atoms. The number of aromatic nitrogens is 1. The molecular weight excluding hydrogens is 689 g/mol. The summed E-state index contributed by atoms with van der Waals surface area (Å²) in [5, 5.41) is 1.07. The molecule has 11 nitrogen and oxygen atoms in total. The van der Waals surface area contributed by atoms with Crippen molar-refractivity contribution >= 4 is 32.9 Å². The quantitative estimate of drug-likeness (QED) is 0.195. The molecule has 12 heteroatoms. The van der Waals surface area contributed by atoms with Crippen LogP contribution in [-0.4, -0.2) is 117 Å². The van der Waals surface area contributed by atoms with Gasteiger partial charge in [0.1, 0.15) is 5.75 Å². The van der Waals surface area contributed by atoms with E-state index in [9.17, 15) is 13.2 Å². The second kappa shape index (κ2) is 16.1. The van der Waals surface area contributed by atoms with Crippen LogP contribution < -0.4 is 9.46 Å². The number of fused-ring (bicyclic) bond motifs is 7. The summed E-state index contributed by atoms with van der Waals surface area (Å²) in [6.07, 6.45) is 6.44. The lowest BCUT2D eigenvalue weighted by molar-refractivity contribution is -0.138. The molecule has 2 atom stereocenters. The van der Waals surface area contributed by atoms with Gasteiger partial charge in [0.15, 0.2) is 0 Å². The smallest absolute Gasteiger partial charge is 0.303 e. The minimum absolute atomic E-state index is 0.0235. The third kappa shape index (κ3) is 7.61. The van der Waals surface area contributed by atoms with Crippen molar-refractivity contribution in [3.8, 4) is 17.0 Å². The Hall–Kier alpha value is -3.45. The van der Waals surface area contributed by atoms with Crippen LogP contribution in [0.15, 0.2) is 36.4 Å². The van der Waals surface area contributed by atoms with Gasteiger partial charge in [-0.15, -0.1) is 0 Å². The van der Waals surface area contributed by atoms with Crippen molar-refractivity contribution in [1.29, 1.82) is 0 Å². The molecule has 290 valence electrons. The Morgan fingerprint density at radius 1 is 0.887 bits per heavy atom. The van der Waals surface area contributed by atoms with Crippen LogP contribution >= 0.6 is 0 Å². The zero-order valence-electron chi connectivity index (χ0n) is 32.9. The fourth-order valence-corrected chi connectivity index (χ4v) is 9.46. The normalized spacial score (nSPS) is 19.9. The summed E-state index contributed by atoms with van der Waals surface area (Å²) in [5.41, 5.74) is 5.15. The van der Waals surface area contributed by atoms with Gasteiger partial charge in [0.05, 0.1) is 18.2 Å². The topological polar surface area (TPSA) is 107 Å². The largest absolute Gasteiger partial charge is 0.497 e. The van der Waals surface area contributed by atoms with Crippen LogP contribution in [0.1, 0.15) is 99.5 Å². The van der Waals surface area contributed by atoms with E-state index in [0.717, 1.165) is 109 Å². The first-order chi connectivity index (χ1) is 25.4. The molecule has 2 heterocycles. The molecule has 2 saturated carbocycles. The second-order valence-electron chi connectivity index (χ2n) is 15.3. The van der Waals surface area contributed by atoms with E-state index >= 15 is 4.79 Å². The van der Waals surface area contributed by atoms with Gasteiger partial charge in [-0.3, -0.25) is 9.59 Å². The van der Waals surface area contributed by atoms with Gasteiger partial charge in [-0.05, 0) is 92.8 Å². The average molecular weight is 749 g/mol. The van der Waals surface area contributed by atoms with Crippen LogP contribution in [-0.2, 0) is 21.5 Å². The summed E-state index contributed by atoms with van der Waals surface area (Å²) >= 11 is 0. The third-order valence-electron chi connectivity index (χ3n) is 12.4. The highest BCUT2D eigenvalue weighted by atomic mass is 32.2. The minimum atomic E-state index is -3.99. The lowest BCUT2D eigenvalue weighted by atomic mass is 9.81. The van der Waals surface area contributed by atoms with Gasteiger partial charge in [0, 0.05) is 74.8 Å². The van der Waals surface area contributed by atoms with Crippen molar-refractivity contribution in [2.75, 3.05) is 73.6 Å². The van der Waals surface area contributed by atoms with Crippen LogP contribution in [0.25, 0.3) is 22.2 Å². The van der Waals surface area contributed by atoms with E-state index in [-0.39, 0.29) is 17.4 Å². The highest BCUT2D eigenvalue weighted by Crippen LogP contribution is 2.66. The molecule has 2 amide bonds. The maximum atomic E-state index is 15.3. The number of benzene rings is 2. The number of hydrogen-bond acceptors (Lipinski definition) is 7. The maximum Gasteiger partial charge on any atom is 0.303 e. The Labute approximate surface area is 316 Å². The van der Waals surface area contributed by atoms with Crippen molar-refractivity contribution in [2.24, 2.45) is 5.41 Å². The van der Waals surface area contributed by atoms with Crippen LogP contribution in [0, 0.1) is 5.41 Å². The predicted molar refractivity (Wildman–Crippen MR) is 212 cm³/mol. The van der Waals surface area contributed by atoms with E-state index in [4.69, 9.17) is 4.74 Å². The first-order valence-corrected chi connectivity index (χ1v) is 21.2. The number of nitrogens with one attached hydrogen (secondary N) is 1. The number of likely N-dealkylation sites (N-methyl/N-ethyl adjacent to an activating group) is 2. The lowest BCUT2D eigenvalue weighted by Gasteiger charge is -2.32. The van der Waals surface area contributed by atoms with Gasteiger partial charge in [-0.25, -0.2) is 4.72 Å². The van der Waals surface area contributed by atoms with Gasteiger partial charge >= 0.3 is 10.2 Å². The van der Waals surface area contributed by atoms with Crippen molar-refractivity contribution in [3.63, 3.8) is 0 Å². The number of amides is 2. The first kappa shape index (κ1) is 39.2. The van der Waals surface area contributed by atoms with Crippen molar-refractivity contribution < 1.29 is 22.7 Å². The fourth-order valence-electron chi connectivity index (χ4n) is 8.92. The molecule has 0 spiro atoms. The zero-order valence-corrected chi connectivity index (χ0v) is 33.7. The number of nitrogens with zero attached hydrogens (tertiary/aromatic N) is 5. The Morgan fingerprint density at radius 3 is 2.11 bits per heavy atom. The lowest BCUT2D eigenvalue weighted by Crippen LogP contribution is -2.47. The fraction of sp³-hybridized carbons (Fsp3) is 0.610. The van der Waals surface area contributed by atoms with E-state index < -0.39 is 21.5 Å². The number of ether oxygens (including phenoxy) is 1. The van der Waals surface area contributed by atoms with Gasteiger partial charge in [0.25, 0.3) is 5.91 Å². The molecule has 0 saturated heterocycles. The molecule has 2 fully saturated rings. The Bertz CT molecular complexity index is 1890. The summed E-state index contributed by atoms with van der Waals surface area (Å²) in [5.74, 6) is 0.655. The van der Waals surface area contributed by atoms with E-state index in [1.807, 2.05) is 18.2 Å². The maximum absolute atomic E-state index is 15.3. The van der Waals surface area contributed by atoms with E-state index in [0.29, 0.717) is 25.6 Å². The van der Waals surface area contributed by atoms with Crippen molar-refractivity contribution in [1.82, 2.24) is 28.3 Å². The molecule has 2 unspecified atom stereocenters. The number of carbonyl (C=O) groups excluding carboxylic acids is 2. The Balaban J connectivity index is 1.52. The van der Waals surface area contributed by atoms with Gasteiger partial charge < -0.3 is 24.0 Å².